The summed E-state index contributed by atoms with van der Waals surface area (Å²) in [5.74, 6) is 1.28. The summed E-state index contributed by atoms with van der Waals surface area (Å²) in [6, 6.07) is 38.5. The smallest absolute Gasteiger partial charge is 0.0920 e. The van der Waals surface area contributed by atoms with E-state index in [1.165, 1.54) is 60.9 Å². The largest absolute Gasteiger partial charge is 0.184 e. The summed E-state index contributed by atoms with van der Waals surface area (Å²) in [5.41, 5.74) is 8.49. The standard InChI is InChI=1S/C23H27.C12H7Si.2ClH.Zr/c1-5-17(4)21-12-11-20-14-18(13-16(2)3)15-22(20)23(21)19-9-7-6-8-10-19;1-3-7-11-9(5-1)10-6-2-4-8-12(10)13-11;;;/h6-12,14-17H,5,13H2,1-4H3;1-7H;2*1H;/q2*-1;;;+4/p-2. The minimum absolute atomic E-state index is 0.582. The van der Waals surface area contributed by atoms with E-state index in [1.807, 2.05) is 6.07 Å². The van der Waals surface area contributed by atoms with Crippen molar-refractivity contribution in [3.05, 3.63) is 114 Å². The molecule has 1 unspecified atom stereocenters. The average Bonchev–Trinajstić information content (AvgIpc) is 3.53. The van der Waals surface area contributed by atoms with Gasteiger partial charge in [0.25, 0.3) is 0 Å². The topological polar surface area (TPSA) is 0 Å². The summed E-state index contributed by atoms with van der Waals surface area (Å²) in [4.78, 5) is 0. The third kappa shape index (κ3) is 7.47. The summed E-state index contributed by atoms with van der Waals surface area (Å²) in [5, 5.41) is 5.62. The molecular weight excluding hydrogens is 611 g/mol. The van der Waals surface area contributed by atoms with Crippen LogP contribution in [0.5, 0.6) is 0 Å². The molecule has 0 bridgehead atoms. The van der Waals surface area contributed by atoms with E-state index < -0.39 is 20.8 Å². The van der Waals surface area contributed by atoms with Gasteiger partial charge in [0, 0.05) is 0 Å². The van der Waals surface area contributed by atoms with E-state index in [-0.39, 0.29) is 0 Å². The molecule has 4 heteroatoms. The predicted molar refractivity (Wildman–Crippen MR) is 170 cm³/mol. The maximum Gasteiger partial charge on any atom is 0.0920 e. The molecule has 1 aliphatic heterocycles. The van der Waals surface area contributed by atoms with E-state index in [9.17, 15) is 0 Å². The first-order valence-electron chi connectivity index (χ1n) is 13.6. The SMILES string of the molecule is CCC(C)c1ccc2[cH-]c(CC(C)C)cc2c1-c1ccccc1.[Cl][Zr+2][Cl].[c-]1cccc2c1[Si]c1ccccc1-2. The molecule has 0 fully saturated rings. The van der Waals surface area contributed by atoms with Crippen LogP contribution in [0.4, 0.5) is 0 Å². The predicted octanol–water partition coefficient (Wildman–Crippen LogP) is 9.44. The third-order valence-corrected chi connectivity index (χ3v) is 8.53. The van der Waals surface area contributed by atoms with Crippen LogP contribution in [0.1, 0.15) is 51.2 Å². The van der Waals surface area contributed by atoms with Gasteiger partial charge >= 0.3 is 37.9 Å². The Kier molecular flexibility index (Phi) is 11.4. The zero-order chi connectivity index (χ0) is 27.8. The fourth-order valence-electron chi connectivity index (χ4n) is 5.23. The molecule has 0 saturated heterocycles. The van der Waals surface area contributed by atoms with Crippen LogP contribution in [-0.4, -0.2) is 9.52 Å². The second-order valence-electron chi connectivity index (χ2n) is 10.4. The van der Waals surface area contributed by atoms with Crippen LogP contribution >= 0.6 is 17.0 Å². The van der Waals surface area contributed by atoms with Crippen LogP contribution in [0.3, 0.4) is 0 Å². The molecule has 5 aromatic carbocycles. The number of fused-ring (bicyclic) bond motifs is 4. The Morgan fingerprint density at radius 1 is 0.872 bits per heavy atom. The molecule has 6 rings (SSSR count). The Balaban J connectivity index is 0.000000184. The Morgan fingerprint density at radius 3 is 2.28 bits per heavy atom. The van der Waals surface area contributed by atoms with Gasteiger partial charge in [-0.2, -0.15) is 35.5 Å². The molecule has 0 aliphatic carbocycles. The van der Waals surface area contributed by atoms with E-state index in [2.05, 4.69) is 125 Å². The van der Waals surface area contributed by atoms with Crippen LogP contribution in [0, 0.1) is 12.0 Å². The van der Waals surface area contributed by atoms with E-state index in [1.54, 1.807) is 0 Å². The van der Waals surface area contributed by atoms with Gasteiger partial charge in [0.05, 0.1) is 9.52 Å². The van der Waals surface area contributed by atoms with Crippen molar-refractivity contribution in [1.82, 2.24) is 0 Å². The Morgan fingerprint density at radius 2 is 1.56 bits per heavy atom. The zero-order valence-electron chi connectivity index (χ0n) is 23.1. The van der Waals surface area contributed by atoms with Gasteiger partial charge in [0.1, 0.15) is 0 Å². The molecule has 0 nitrogen and oxygen atoms in total. The second-order valence-corrected chi connectivity index (χ2v) is 15.4. The van der Waals surface area contributed by atoms with Crippen LogP contribution in [0.15, 0.2) is 97.1 Å². The van der Waals surface area contributed by atoms with E-state index in [0.717, 1.165) is 15.9 Å². The molecule has 5 aromatic rings. The van der Waals surface area contributed by atoms with Gasteiger partial charge in [0.15, 0.2) is 0 Å². The number of benzene rings is 4. The van der Waals surface area contributed by atoms with Gasteiger partial charge in [0.2, 0.25) is 0 Å². The summed E-state index contributed by atoms with van der Waals surface area (Å²) >= 11 is -0.826. The molecule has 39 heavy (non-hydrogen) atoms. The van der Waals surface area contributed by atoms with Gasteiger partial charge in [-0.05, 0) is 30.2 Å². The number of rotatable bonds is 5. The Hall–Kier alpha value is -1.83. The second kappa shape index (κ2) is 14.7. The third-order valence-electron chi connectivity index (χ3n) is 7.16. The molecule has 0 spiro atoms. The number of hydrogen-bond donors (Lipinski definition) is 0. The van der Waals surface area contributed by atoms with E-state index in [4.69, 9.17) is 17.0 Å². The minimum atomic E-state index is -0.826. The van der Waals surface area contributed by atoms with Crippen LogP contribution in [-0.2, 0) is 27.3 Å². The van der Waals surface area contributed by atoms with Crippen molar-refractivity contribution >= 4 is 47.7 Å². The first-order chi connectivity index (χ1) is 19.0. The molecule has 1 heterocycles. The van der Waals surface area contributed by atoms with Gasteiger partial charge in [-0.1, -0.05) is 104 Å². The molecule has 0 N–H and O–H groups in total. The van der Waals surface area contributed by atoms with Crippen molar-refractivity contribution in [3.63, 3.8) is 0 Å². The van der Waals surface area contributed by atoms with Crippen molar-refractivity contribution in [1.29, 1.82) is 0 Å². The quantitative estimate of drug-likeness (QED) is 0.130. The van der Waals surface area contributed by atoms with Crippen molar-refractivity contribution in [2.24, 2.45) is 5.92 Å². The van der Waals surface area contributed by atoms with Crippen molar-refractivity contribution in [2.75, 3.05) is 0 Å². The summed E-state index contributed by atoms with van der Waals surface area (Å²) in [7, 11) is 10.7. The first-order valence-corrected chi connectivity index (χ1v) is 20.9. The van der Waals surface area contributed by atoms with E-state index >= 15 is 0 Å². The monoisotopic (exact) mass is 642 g/mol. The van der Waals surface area contributed by atoms with Crippen molar-refractivity contribution in [3.8, 4) is 22.3 Å². The number of hydrogen-bond acceptors (Lipinski definition) is 0. The van der Waals surface area contributed by atoms with Gasteiger partial charge in [-0.25, -0.2) is 0 Å². The average molecular weight is 645 g/mol. The molecule has 0 saturated carbocycles. The summed E-state index contributed by atoms with van der Waals surface area (Å²) in [6.45, 7) is 9.20. The maximum absolute atomic E-state index is 4.93. The molecule has 196 valence electrons. The fourth-order valence-corrected chi connectivity index (χ4v) is 6.54. The minimum Gasteiger partial charge on any atom is -0.184 e. The molecule has 2 radical (unpaired) electrons. The van der Waals surface area contributed by atoms with E-state index in [0.29, 0.717) is 11.8 Å². The maximum atomic E-state index is 4.93. The summed E-state index contributed by atoms with van der Waals surface area (Å²) < 4.78 is 0. The number of halogens is 2. The van der Waals surface area contributed by atoms with Crippen molar-refractivity contribution in [2.45, 2.75) is 46.5 Å². The van der Waals surface area contributed by atoms with Gasteiger partial charge in [-0.3, -0.25) is 0 Å². The first kappa shape index (κ1) is 30.1. The molecule has 1 atom stereocenters. The van der Waals surface area contributed by atoms with Crippen molar-refractivity contribution < 1.29 is 20.8 Å². The Labute approximate surface area is 255 Å². The fraction of sp³-hybridized carbons (Fsp3) is 0.229. The normalized spacial score (nSPS) is 12.0. The van der Waals surface area contributed by atoms with Gasteiger partial charge in [-0.15, -0.1) is 40.1 Å². The molecule has 0 aromatic heterocycles. The van der Waals surface area contributed by atoms with Crippen LogP contribution < -0.4 is 10.4 Å². The molecular formula is C35H34Cl2SiZr. The van der Waals surface area contributed by atoms with Crippen LogP contribution in [0.2, 0.25) is 0 Å². The Bertz CT molecular complexity index is 1450. The molecule has 0 amide bonds. The van der Waals surface area contributed by atoms with Gasteiger partial charge < -0.3 is 0 Å². The van der Waals surface area contributed by atoms with Crippen LogP contribution in [0.25, 0.3) is 33.0 Å². The summed E-state index contributed by atoms with van der Waals surface area (Å²) in [6.07, 6.45) is 2.33. The molecule has 1 aliphatic rings. The zero-order valence-corrected chi connectivity index (χ0v) is 28.0.